The summed E-state index contributed by atoms with van der Waals surface area (Å²) in [5.74, 6) is 0.141. The third kappa shape index (κ3) is 4.61. The normalized spacial score (nSPS) is 12.5. The zero-order valence-corrected chi connectivity index (χ0v) is 19.0. The Hall–Kier alpha value is -3.26. The lowest BCUT2D eigenvalue weighted by atomic mass is 9.98. The smallest absolute Gasteiger partial charge is 0.232 e. The van der Waals surface area contributed by atoms with Crippen molar-refractivity contribution in [2.24, 2.45) is 0 Å². The fourth-order valence-electron chi connectivity index (χ4n) is 3.63. The Labute approximate surface area is 190 Å². The van der Waals surface area contributed by atoms with Gasteiger partial charge in [0.2, 0.25) is 0 Å². The van der Waals surface area contributed by atoms with Crippen LogP contribution in [0.25, 0.3) is 33.3 Å². The maximum atomic E-state index is 13.7. The van der Waals surface area contributed by atoms with Gasteiger partial charge >= 0.3 is 6.18 Å². The average Bonchev–Trinajstić information content (AvgIpc) is 2.76. The lowest BCUT2D eigenvalue weighted by Crippen LogP contribution is -2.09. The van der Waals surface area contributed by atoms with Crippen LogP contribution in [-0.4, -0.2) is 24.6 Å². The molecule has 1 heterocycles. The first kappa shape index (κ1) is 22.9. The van der Waals surface area contributed by atoms with Crippen LogP contribution in [0.4, 0.5) is 13.2 Å². The molecule has 0 aliphatic heterocycles. The first-order chi connectivity index (χ1) is 15.4. The van der Waals surface area contributed by atoms with Crippen LogP contribution in [0.15, 0.2) is 71.6 Å². The largest absolute Gasteiger partial charge is 0.418 e. The molecule has 0 aliphatic rings. The lowest BCUT2D eigenvalue weighted by molar-refractivity contribution is -0.136. The molecule has 0 unspecified atom stereocenters. The molecule has 4 aromatic rings. The third-order valence-corrected chi connectivity index (χ3v) is 6.41. The number of rotatable bonds is 4. The Bertz CT molecular complexity index is 1460. The molecule has 1 aromatic heterocycles. The number of hydrogen-bond acceptors (Lipinski definition) is 4. The zero-order valence-electron chi connectivity index (χ0n) is 18.2. The van der Waals surface area contributed by atoms with Crippen LogP contribution in [-0.2, 0) is 16.0 Å². The van der Waals surface area contributed by atoms with Crippen molar-refractivity contribution >= 4 is 20.7 Å². The maximum absolute atomic E-state index is 13.7. The van der Waals surface area contributed by atoms with Crippen molar-refractivity contribution in [3.05, 3.63) is 78.1 Å². The summed E-state index contributed by atoms with van der Waals surface area (Å²) in [6.45, 7) is 3.66. The standard InChI is InChI=1S/C25H21F3N2O2S/c1-15(2)24-29-22(20-11-6-12-21(23(20)30-24)25(26,27)28)18-9-4-7-16(13-18)17-8-5-10-19(14-17)33(3,31)32/h4-15H,1-3H3. The Kier molecular flexibility index (Phi) is 5.74. The van der Waals surface area contributed by atoms with Gasteiger partial charge in [-0.05, 0) is 35.4 Å². The summed E-state index contributed by atoms with van der Waals surface area (Å²) in [6.07, 6.45) is -3.41. The van der Waals surface area contributed by atoms with Gasteiger partial charge < -0.3 is 0 Å². The summed E-state index contributed by atoms with van der Waals surface area (Å²) in [5.41, 5.74) is 1.48. The Balaban J connectivity index is 1.95. The molecule has 0 saturated carbocycles. The second-order valence-electron chi connectivity index (χ2n) is 8.17. The van der Waals surface area contributed by atoms with Crippen molar-refractivity contribution < 1.29 is 21.6 Å². The Morgan fingerprint density at radius 2 is 1.42 bits per heavy atom. The third-order valence-electron chi connectivity index (χ3n) is 5.30. The van der Waals surface area contributed by atoms with Crippen molar-refractivity contribution in [2.45, 2.75) is 30.8 Å². The van der Waals surface area contributed by atoms with E-state index in [9.17, 15) is 21.6 Å². The molecule has 4 nitrogen and oxygen atoms in total. The lowest BCUT2D eigenvalue weighted by Gasteiger charge is -2.15. The average molecular weight is 471 g/mol. The molecule has 0 radical (unpaired) electrons. The van der Waals surface area contributed by atoms with Gasteiger partial charge in [0.15, 0.2) is 9.84 Å². The number of alkyl halides is 3. The number of fused-ring (bicyclic) bond motifs is 1. The molecule has 0 atom stereocenters. The number of sulfone groups is 1. The van der Waals surface area contributed by atoms with Gasteiger partial charge in [-0.15, -0.1) is 0 Å². The minimum atomic E-state index is -4.55. The fourth-order valence-corrected chi connectivity index (χ4v) is 4.30. The van der Waals surface area contributed by atoms with Crippen LogP contribution in [0.2, 0.25) is 0 Å². The van der Waals surface area contributed by atoms with Crippen molar-refractivity contribution in [1.29, 1.82) is 0 Å². The van der Waals surface area contributed by atoms with Gasteiger partial charge in [0.1, 0.15) is 5.82 Å². The Morgan fingerprint density at radius 1 is 0.818 bits per heavy atom. The molecular weight excluding hydrogens is 449 g/mol. The first-order valence-corrected chi connectivity index (χ1v) is 12.1. The highest BCUT2D eigenvalue weighted by Gasteiger charge is 2.34. The van der Waals surface area contributed by atoms with Gasteiger partial charge in [-0.25, -0.2) is 18.4 Å². The summed E-state index contributed by atoms with van der Waals surface area (Å²) in [4.78, 5) is 9.05. The van der Waals surface area contributed by atoms with Crippen LogP contribution in [0.5, 0.6) is 0 Å². The number of aromatic nitrogens is 2. The molecule has 0 N–H and O–H groups in total. The maximum Gasteiger partial charge on any atom is 0.418 e. The topological polar surface area (TPSA) is 59.9 Å². The monoisotopic (exact) mass is 470 g/mol. The van der Waals surface area contributed by atoms with Crippen LogP contribution in [0.3, 0.4) is 0 Å². The van der Waals surface area contributed by atoms with Crippen molar-refractivity contribution in [3.8, 4) is 22.4 Å². The zero-order chi connectivity index (χ0) is 24.0. The summed E-state index contributed by atoms with van der Waals surface area (Å²) >= 11 is 0. The second kappa shape index (κ2) is 8.26. The molecule has 4 rings (SSSR count). The second-order valence-corrected chi connectivity index (χ2v) is 10.2. The van der Waals surface area contributed by atoms with E-state index in [-0.39, 0.29) is 16.3 Å². The predicted molar refractivity (Wildman–Crippen MR) is 123 cm³/mol. The SMILES string of the molecule is CC(C)c1nc(-c2cccc(-c3cccc(S(C)(=O)=O)c3)c2)c2cccc(C(F)(F)F)c2n1. The Morgan fingerprint density at radius 3 is 2.06 bits per heavy atom. The van der Waals surface area contributed by atoms with Gasteiger partial charge in [-0.1, -0.05) is 56.3 Å². The molecule has 8 heteroatoms. The van der Waals surface area contributed by atoms with E-state index in [2.05, 4.69) is 9.97 Å². The van der Waals surface area contributed by atoms with E-state index < -0.39 is 21.6 Å². The van der Waals surface area contributed by atoms with E-state index in [0.29, 0.717) is 28.0 Å². The highest BCUT2D eigenvalue weighted by molar-refractivity contribution is 7.90. The summed E-state index contributed by atoms with van der Waals surface area (Å²) in [5, 5.41) is 0.302. The molecule has 0 amide bonds. The molecule has 3 aromatic carbocycles. The number of para-hydroxylation sites is 1. The van der Waals surface area contributed by atoms with Gasteiger partial charge in [-0.2, -0.15) is 13.2 Å². The van der Waals surface area contributed by atoms with Crippen molar-refractivity contribution in [1.82, 2.24) is 9.97 Å². The molecule has 33 heavy (non-hydrogen) atoms. The molecule has 170 valence electrons. The van der Waals surface area contributed by atoms with Crippen LogP contribution < -0.4 is 0 Å². The van der Waals surface area contributed by atoms with Crippen molar-refractivity contribution in [2.75, 3.05) is 6.26 Å². The number of benzene rings is 3. The molecule has 0 spiro atoms. The van der Waals surface area contributed by atoms with E-state index in [1.165, 1.54) is 12.1 Å². The number of hydrogen-bond donors (Lipinski definition) is 0. The molecular formula is C25H21F3N2O2S. The van der Waals surface area contributed by atoms with Crippen LogP contribution in [0, 0.1) is 0 Å². The van der Waals surface area contributed by atoms with Gasteiger partial charge in [0.25, 0.3) is 0 Å². The van der Waals surface area contributed by atoms with Gasteiger partial charge in [0, 0.05) is 23.1 Å². The van der Waals surface area contributed by atoms with Crippen LogP contribution >= 0.6 is 0 Å². The first-order valence-electron chi connectivity index (χ1n) is 10.2. The van der Waals surface area contributed by atoms with Gasteiger partial charge in [-0.3, -0.25) is 0 Å². The quantitative estimate of drug-likeness (QED) is 0.341. The molecule has 0 bridgehead atoms. The summed E-state index contributed by atoms with van der Waals surface area (Å²) < 4.78 is 65.0. The highest BCUT2D eigenvalue weighted by atomic mass is 32.2. The molecule has 0 aliphatic carbocycles. The van der Waals surface area contributed by atoms with E-state index >= 15 is 0 Å². The minimum Gasteiger partial charge on any atom is -0.232 e. The van der Waals surface area contributed by atoms with E-state index in [4.69, 9.17) is 0 Å². The van der Waals surface area contributed by atoms with Crippen LogP contribution in [0.1, 0.15) is 31.2 Å². The molecule has 0 saturated heterocycles. The van der Waals surface area contributed by atoms with E-state index in [1.807, 2.05) is 19.9 Å². The number of nitrogens with zero attached hydrogens (tertiary/aromatic N) is 2. The fraction of sp³-hybridized carbons (Fsp3) is 0.200. The van der Waals surface area contributed by atoms with E-state index in [1.54, 1.807) is 42.5 Å². The summed E-state index contributed by atoms with van der Waals surface area (Å²) in [7, 11) is -3.39. The van der Waals surface area contributed by atoms with E-state index in [0.717, 1.165) is 17.9 Å². The highest BCUT2D eigenvalue weighted by Crippen LogP contribution is 2.38. The number of halogens is 3. The summed E-state index contributed by atoms with van der Waals surface area (Å²) in [6, 6.07) is 17.7. The molecule has 0 fully saturated rings. The minimum absolute atomic E-state index is 0.136. The predicted octanol–water partition coefficient (Wildman–Crippen LogP) is 6.51. The van der Waals surface area contributed by atoms with Gasteiger partial charge in [0.05, 0.1) is 21.7 Å². The van der Waals surface area contributed by atoms with Crippen molar-refractivity contribution in [3.63, 3.8) is 0 Å².